The molecule has 0 radical (unpaired) electrons. The van der Waals surface area contributed by atoms with Crippen LogP contribution in [0.1, 0.15) is 17.5 Å². The lowest BCUT2D eigenvalue weighted by atomic mass is 10.1. The zero-order valence-corrected chi connectivity index (χ0v) is 13.6. The van der Waals surface area contributed by atoms with E-state index in [0.717, 1.165) is 11.1 Å². The summed E-state index contributed by atoms with van der Waals surface area (Å²) < 4.78 is 15.8. The molecule has 24 heavy (non-hydrogen) atoms. The molecule has 1 atom stereocenters. The standard InChI is InChI=1S/C18H19N3O3/c1-22-15-9-8-13(11-16(15)23-2)17-20-18(24-21-17)14(19)10-12-6-4-3-5-7-12/h3-9,11,14H,10,19H2,1-2H3/t14-/m1/s1. The summed E-state index contributed by atoms with van der Waals surface area (Å²) in [6.45, 7) is 0. The molecule has 0 amide bonds. The van der Waals surface area contributed by atoms with Crippen LogP contribution in [0.15, 0.2) is 53.1 Å². The molecule has 2 aromatic carbocycles. The van der Waals surface area contributed by atoms with E-state index in [4.69, 9.17) is 19.7 Å². The highest BCUT2D eigenvalue weighted by Crippen LogP contribution is 2.31. The second-order valence-corrected chi connectivity index (χ2v) is 5.32. The monoisotopic (exact) mass is 325 g/mol. The summed E-state index contributed by atoms with van der Waals surface area (Å²) >= 11 is 0. The molecule has 0 aliphatic rings. The molecule has 0 unspecified atom stereocenters. The first-order chi connectivity index (χ1) is 11.7. The first kappa shape index (κ1) is 16.0. The lowest BCUT2D eigenvalue weighted by Gasteiger charge is -2.07. The van der Waals surface area contributed by atoms with Gasteiger partial charge in [0.1, 0.15) is 0 Å². The Hall–Kier alpha value is -2.86. The maximum Gasteiger partial charge on any atom is 0.244 e. The minimum Gasteiger partial charge on any atom is -0.493 e. The number of nitrogens with zero attached hydrogens (tertiary/aromatic N) is 2. The van der Waals surface area contributed by atoms with Gasteiger partial charge in [0.05, 0.1) is 20.3 Å². The van der Waals surface area contributed by atoms with Crippen LogP contribution in [0, 0.1) is 0 Å². The van der Waals surface area contributed by atoms with Crippen molar-refractivity contribution in [3.63, 3.8) is 0 Å². The van der Waals surface area contributed by atoms with E-state index in [9.17, 15) is 0 Å². The van der Waals surface area contributed by atoms with E-state index in [-0.39, 0.29) is 6.04 Å². The van der Waals surface area contributed by atoms with Gasteiger partial charge >= 0.3 is 0 Å². The van der Waals surface area contributed by atoms with Gasteiger partial charge < -0.3 is 19.7 Å². The molecule has 0 saturated carbocycles. The van der Waals surface area contributed by atoms with Gasteiger partial charge in [-0.25, -0.2) is 0 Å². The zero-order valence-electron chi connectivity index (χ0n) is 13.6. The van der Waals surface area contributed by atoms with E-state index in [1.807, 2.05) is 36.4 Å². The van der Waals surface area contributed by atoms with E-state index in [2.05, 4.69) is 10.1 Å². The third kappa shape index (κ3) is 3.38. The molecular weight excluding hydrogens is 306 g/mol. The fourth-order valence-electron chi connectivity index (χ4n) is 2.43. The van der Waals surface area contributed by atoms with Crippen molar-refractivity contribution in [3.8, 4) is 22.9 Å². The van der Waals surface area contributed by atoms with Crippen molar-refractivity contribution in [2.75, 3.05) is 14.2 Å². The lowest BCUT2D eigenvalue weighted by Crippen LogP contribution is -2.13. The van der Waals surface area contributed by atoms with Gasteiger partial charge in [0, 0.05) is 5.56 Å². The minimum atomic E-state index is -0.353. The van der Waals surface area contributed by atoms with E-state index >= 15 is 0 Å². The normalized spacial score (nSPS) is 12.0. The Labute approximate surface area is 140 Å². The average Bonchev–Trinajstić information content (AvgIpc) is 3.12. The molecule has 2 N–H and O–H groups in total. The Bertz CT molecular complexity index is 802. The molecule has 6 nitrogen and oxygen atoms in total. The van der Waals surface area contributed by atoms with Crippen molar-refractivity contribution in [2.24, 2.45) is 5.73 Å². The second kappa shape index (κ2) is 7.14. The van der Waals surface area contributed by atoms with Crippen LogP contribution in [-0.4, -0.2) is 24.4 Å². The molecule has 3 rings (SSSR count). The van der Waals surface area contributed by atoms with Crippen LogP contribution in [0.2, 0.25) is 0 Å². The summed E-state index contributed by atoms with van der Waals surface area (Å²) in [6, 6.07) is 15.1. The number of benzene rings is 2. The van der Waals surface area contributed by atoms with E-state index < -0.39 is 0 Å². The van der Waals surface area contributed by atoms with Gasteiger partial charge in [-0.1, -0.05) is 35.5 Å². The topological polar surface area (TPSA) is 83.4 Å². The molecule has 124 valence electrons. The number of rotatable bonds is 6. The van der Waals surface area contributed by atoms with Crippen molar-refractivity contribution >= 4 is 0 Å². The molecule has 0 spiro atoms. The summed E-state index contributed by atoms with van der Waals surface area (Å²) in [7, 11) is 3.17. The number of methoxy groups -OCH3 is 2. The van der Waals surface area contributed by atoms with Crippen LogP contribution >= 0.6 is 0 Å². The number of ether oxygens (including phenoxy) is 2. The van der Waals surface area contributed by atoms with E-state index in [1.54, 1.807) is 26.4 Å². The summed E-state index contributed by atoms with van der Waals surface area (Å²) in [5.74, 6) is 2.12. The zero-order chi connectivity index (χ0) is 16.9. The Kier molecular flexibility index (Phi) is 4.77. The van der Waals surface area contributed by atoms with Gasteiger partial charge in [-0.05, 0) is 30.2 Å². The minimum absolute atomic E-state index is 0.353. The van der Waals surface area contributed by atoms with Crippen LogP contribution in [0.3, 0.4) is 0 Å². The highest BCUT2D eigenvalue weighted by molar-refractivity contribution is 5.60. The molecule has 0 aliphatic heterocycles. The number of hydrogen-bond acceptors (Lipinski definition) is 6. The van der Waals surface area contributed by atoms with Crippen molar-refractivity contribution in [2.45, 2.75) is 12.5 Å². The Morgan fingerprint density at radius 1 is 1.04 bits per heavy atom. The summed E-state index contributed by atoms with van der Waals surface area (Å²) in [5, 5.41) is 4.02. The van der Waals surface area contributed by atoms with Crippen LogP contribution in [0.4, 0.5) is 0 Å². The van der Waals surface area contributed by atoms with Gasteiger partial charge in [-0.3, -0.25) is 0 Å². The van der Waals surface area contributed by atoms with Crippen LogP contribution in [0.5, 0.6) is 11.5 Å². The fourth-order valence-corrected chi connectivity index (χ4v) is 2.43. The van der Waals surface area contributed by atoms with Crippen LogP contribution in [-0.2, 0) is 6.42 Å². The summed E-state index contributed by atoms with van der Waals surface area (Å²) in [4.78, 5) is 4.41. The van der Waals surface area contributed by atoms with E-state index in [0.29, 0.717) is 29.6 Å². The first-order valence-corrected chi connectivity index (χ1v) is 7.56. The summed E-state index contributed by atoms with van der Waals surface area (Å²) in [5.41, 5.74) is 8.07. The predicted molar refractivity (Wildman–Crippen MR) is 89.9 cm³/mol. The maximum atomic E-state index is 6.18. The van der Waals surface area contributed by atoms with E-state index in [1.165, 1.54) is 0 Å². The van der Waals surface area contributed by atoms with Crippen molar-refractivity contribution in [1.82, 2.24) is 10.1 Å². The van der Waals surface area contributed by atoms with Crippen molar-refractivity contribution in [1.29, 1.82) is 0 Å². The Morgan fingerprint density at radius 2 is 1.79 bits per heavy atom. The van der Waals surface area contributed by atoms with Gasteiger partial charge in [0.25, 0.3) is 0 Å². The lowest BCUT2D eigenvalue weighted by molar-refractivity contribution is 0.353. The van der Waals surface area contributed by atoms with Crippen molar-refractivity contribution < 1.29 is 14.0 Å². The molecule has 0 saturated heterocycles. The molecule has 3 aromatic rings. The van der Waals surface area contributed by atoms with Gasteiger partial charge in [-0.2, -0.15) is 4.98 Å². The highest BCUT2D eigenvalue weighted by atomic mass is 16.5. The molecule has 0 aliphatic carbocycles. The SMILES string of the molecule is COc1ccc(-c2noc([C@H](N)Cc3ccccc3)n2)cc1OC. The Balaban J connectivity index is 1.80. The smallest absolute Gasteiger partial charge is 0.244 e. The fraction of sp³-hybridized carbons (Fsp3) is 0.222. The molecular formula is C18H19N3O3. The highest BCUT2D eigenvalue weighted by Gasteiger charge is 2.17. The average molecular weight is 325 g/mol. The number of hydrogen-bond donors (Lipinski definition) is 1. The molecule has 6 heteroatoms. The largest absolute Gasteiger partial charge is 0.493 e. The quantitative estimate of drug-likeness (QED) is 0.750. The molecule has 0 fully saturated rings. The third-order valence-corrected chi connectivity index (χ3v) is 3.70. The first-order valence-electron chi connectivity index (χ1n) is 7.56. The van der Waals surface area contributed by atoms with Crippen LogP contribution in [0.25, 0.3) is 11.4 Å². The van der Waals surface area contributed by atoms with Gasteiger partial charge in [-0.15, -0.1) is 0 Å². The van der Waals surface area contributed by atoms with Crippen LogP contribution < -0.4 is 15.2 Å². The summed E-state index contributed by atoms with van der Waals surface area (Å²) in [6.07, 6.45) is 0.633. The number of nitrogens with two attached hydrogens (primary N) is 1. The Morgan fingerprint density at radius 3 is 2.50 bits per heavy atom. The maximum absolute atomic E-state index is 6.18. The van der Waals surface area contributed by atoms with Gasteiger partial charge in [0.15, 0.2) is 11.5 Å². The van der Waals surface area contributed by atoms with Gasteiger partial charge in [0.2, 0.25) is 11.7 Å². The predicted octanol–water partition coefficient (Wildman–Crippen LogP) is 3.00. The molecule has 0 bridgehead atoms. The molecule has 1 aromatic heterocycles. The molecule has 1 heterocycles. The third-order valence-electron chi connectivity index (χ3n) is 3.70. The second-order valence-electron chi connectivity index (χ2n) is 5.32. The van der Waals surface area contributed by atoms with Crippen molar-refractivity contribution in [3.05, 3.63) is 60.0 Å². The number of aromatic nitrogens is 2.